The quantitative estimate of drug-likeness (QED) is 0.396. The standard InChI is InChI=1S/C16H16N6O4S3/c23-22(24)12-5-6-14(15(10-12)29(25,26)20-7-1-2-8-20)28-16-17-18-19-21(16)11-13-4-3-9-27-13/h3-6,9-10H,1-2,7-8,11H2. The van der Waals surface area contributed by atoms with Gasteiger partial charge in [0, 0.05) is 35.0 Å². The average Bonchev–Trinajstić information content (AvgIpc) is 3.46. The molecule has 1 saturated heterocycles. The van der Waals surface area contributed by atoms with Crippen LogP contribution >= 0.6 is 23.1 Å². The summed E-state index contributed by atoms with van der Waals surface area (Å²) in [6.45, 7) is 1.27. The number of hydrogen-bond acceptors (Lipinski definition) is 9. The van der Waals surface area contributed by atoms with E-state index in [2.05, 4.69) is 15.5 Å². The first-order chi connectivity index (χ1) is 13.9. The van der Waals surface area contributed by atoms with Crippen molar-refractivity contribution in [2.75, 3.05) is 13.1 Å². The van der Waals surface area contributed by atoms with Gasteiger partial charge < -0.3 is 0 Å². The van der Waals surface area contributed by atoms with E-state index >= 15 is 0 Å². The highest BCUT2D eigenvalue weighted by Gasteiger charge is 2.31. The molecule has 2 aromatic heterocycles. The van der Waals surface area contributed by atoms with Gasteiger partial charge in [0.15, 0.2) is 0 Å². The van der Waals surface area contributed by atoms with Crippen LogP contribution in [0.15, 0.2) is 50.7 Å². The smallest absolute Gasteiger partial charge is 0.258 e. The number of thiophene rings is 1. The fourth-order valence-corrected chi connectivity index (χ4v) is 6.49. The summed E-state index contributed by atoms with van der Waals surface area (Å²) in [5, 5.41) is 25.2. The van der Waals surface area contributed by atoms with Gasteiger partial charge in [0.05, 0.1) is 11.5 Å². The number of hydrogen-bond donors (Lipinski definition) is 0. The van der Waals surface area contributed by atoms with Gasteiger partial charge in [-0.2, -0.15) is 4.31 Å². The van der Waals surface area contributed by atoms with Gasteiger partial charge in [-0.05, 0) is 52.5 Å². The van der Waals surface area contributed by atoms with Crippen molar-refractivity contribution in [1.82, 2.24) is 24.5 Å². The highest BCUT2D eigenvalue weighted by atomic mass is 32.2. The van der Waals surface area contributed by atoms with Crippen LogP contribution in [0.1, 0.15) is 17.7 Å². The summed E-state index contributed by atoms with van der Waals surface area (Å²) >= 11 is 2.64. The van der Waals surface area contributed by atoms with Crippen LogP contribution in [0, 0.1) is 10.1 Å². The molecule has 10 nitrogen and oxygen atoms in total. The Hall–Kier alpha value is -2.35. The highest BCUT2D eigenvalue weighted by molar-refractivity contribution is 8.00. The second-order valence-electron chi connectivity index (χ2n) is 6.30. The second-order valence-corrected chi connectivity index (χ2v) is 10.2. The van der Waals surface area contributed by atoms with Crippen molar-refractivity contribution < 1.29 is 13.3 Å². The summed E-state index contributed by atoms with van der Waals surface area (Å²) in [4.78, 5) is 11.9. The fraction of sp³-hybridized carbons (Fsp3) is 0.312. The van der Waals surface area contributed by atoms with E-state index < -0.39 is 14.9 Å². The highest BCUT2D eigenvalue weighted by Crippen LogP contribution is 2.36. The maximum atomic E-state index is 13.1. The number of tetrazole rings is 1. The van der Waals surface area contributed by atoms with E-state index in [-0.39, 0.29) is 10.6 Å². The van der Waals surface area contributed by atoms with Crippen LogP contribution < -0.4 is 0 Å². The number of non-ortho nitro benzene ring substituents is 1. The van der Waals surface area contributed by atoms with Crippen LogP contribution in [-0.4, -0.2) is 50.9 Å². The van der Waals surface area contributed by atoms with E-state index in [0.717, 1.165) is 35.5 Å². The van der Waals surface area contributed by atoms with Crippen LogP contribution in [0.4, 0.5) is 5.69 Å². The number of benzene rings is 1. The van der Waals surface area contributed by atoms with Crippen molar-refractivity contribution in [2.24, 2.45) is 0 Å². The molecule has 0 atom stereocenters. The molecule has 0 N–H and O–H groups in total. The van der Waals surface area contributed by atoms with Gasteiger partial charge in [-0.25, -0.2) is 13.1 Å². The van der Waals surface area contributed by atoms with Gasteiger partial charge in [0.1, 0.15) is 4.90 Å². The van der Waals surface area contributed by atoms with Gasteiger partial charge in [0.2, 0.25) is 15.2 Å². The lowest BCUT2D eigenvalue weighted by Gasteiger charge is -2.17. The van der Waals surface area contributed by atoms with Crippen molar-refractivity contribution in [1.29, 1.82) is 0 Å². The maximum Gasteiger partial charge on any atom is 0.270 e. The molecule has 1 fully saturated rings. The van der Waals surface area contributed by atoms with Gasteiger partial charge >= 0.3 is 0 Å². The molecule has 152 valence electrons. The minimum Gasteiger partial charge on any atom is -0.258 e. The number of rotatable bonds is 7. The number of aromatic nitrogens is 4. The van der Waals surface area contributed by atoms with Crippen molar-refractivity contribution in [3.63, 3.8) is 0 Å². The summed E-state index contributed by atoms with van der Waals surface area (Å²) < 4.78 is 29.2. The van der Waals surface area contributed by atoms with Crippen LogP contribution in [0.2, 0.25) is 0 Å². The molecule has 0 bridgehead atoms. The molecule has 1 aromatic carbocycles. The zero-order valence-corrected chi connectivity index (χ0v) is 17.5. The minimum absolute atomic E-state index is 0.0933. The first kappa shape index (κ1) is 19.9. The third-order valence-corrected chi connectivity index (χ3v) is 8.39. The number of sulfonamides is 1. The molecule has 0 spiro atoms. The molecular formula is C16H16N6O4S3. The van der Waals surface area contributed by atoms with Crippen molar-refractivity contribution in [3.05, 3.63) is 50.7 Å². The van der Waals surface area contributed by atoms with Crippen LogP contribution in [0.5, 0.6) is 0 Å². The van der Waals surface area contributed by atoms with Gasteiger partial charge in [-0.15, -0.1) is 16.4 Å². The molecule has 13 heteroatoms. The summed E-state index contributed by atoms with van der Waals surface area (Å²) in [6, 6.07) is 7.72. The van der Waals surface area contributed by atoms with E-state index in [1.54, 1.807) is 16.0 Å². The SMILES string of the molecule is O=[N+]([O-])c1ccc(Sc2nnnn2Cc2cccs2)c(S(=O)(=O)N2CCCC2)c1. The van der Waals surface area contributed by atoms with E-state index in [1.807, 2.05) is 17.5 Å². The van der Waals surface area contributed by atoms with E-state index in [9.17, 15) is 18.5 Å². The first-order valence-electron chi connectivity index (χ1n) is 8.70. The lowest BCUT2D eigenvalue weighted by Crippen LogP contribution is -2.28. The molecule has 1 aliphatic heterocycles. The summed E-state index contributed by atoms with van der Waals surface area (Å²) in [5.41, 5.74) is -0.273. The third kappa shape index (κ3) is 4.17. The van der Waals surface area contributed by atoms with Crippen molar-refractivity contribution in [3.8, 4) is 0 Å². The lowest BCUT2D eigenvalue weighted by atomic mass is 10.3. The normalized spacial score (nSPS) is 15.0. The summed E-state index contributed by atoms with van der Waals surface area (Å²) in [6.07, 6.45) is 1.55. The molecule has 1 aliphatic rings. The zero-order valence-electron chi connectivity index (χ0n) is 15.0. The van der Waals surface area contributed by atoms with E-state index in [4.69, 9.17) is 0 Å². The molecule has 3 aromatic rings. The largest absolute Gasteiger partial charge is 0.270 e. The molecular weight excluding hydrogens is 436 g/mol. The Bertz CT molecular complexity index is 1120. The van der Waals surface area contributed by atoms with Crippen LogP contribution in [0.25, 0.3) is 0 Å². The van der Waals surface area contributed by atoms with Gasteiger partial charge in [0.25, 0.3) is 5.69 Å². The van der Waals surface area contributed by atoms with E-state index in [1.165, 1.54) is 16.4 Å². The predicted octanol–water partition coefficient (Wildman–Crippen LogP) is 2.63. The molecule has 3 heterocycles. The number of nitrogens with zero attached hydrogens (tertiary/aromatic N) is 6. The molecule has 0 radical (unpaired) electrons. The van der Waals surface area contributed by atoms with Crippen LogP contribution in [0.3, 0.4) is 0 Å². The van der Waals surface area contributed by atoms with Gasteiger partial charge in [-0.1, -0.05) is 6.07 Å². The Kier molecular flexibility index (Phi) is 5.63. The number of nitro groups is 1. The Labute approximate surface area is 174 Å². The van der Waals surface area contributed by atoms with Crippen molar-refractivity contribution >= 4 is 38.8 Å². The first-order valence-corrected chi connectivity index (χ1v) is 11.8. The Morgan fingerprint density at radius 1 is 1.24 bits per heavy atom. The molecule has 0 unspecified atom stereocenters. The Morgan fingerprint density at radius 2 is 2.03 bits per heavy atom. The third-order valence-electron chi connectivity index (χ3n) is 4.41. The van der Waals surface area contributed by atoms with Gasteiger partial charge in [-0.3, -0.25) is 10.1 Å². The predicted molar refractivity (Wildman–Crippen MR) is 106 cm³/mol. The molecule has 29 heavy (non-hydrogen) atoms. The fourth-order valence-electron chi connectivity index (χ4n) is 2.98. The molecule has 0 amide bonds. The summed E-state index contributed by atoms with van der Waals surface area (Å²) in [5.74, 6) is 0. The van der Waals surface area contributed by atoms with E-state index in [0.29, 0.717) is 29.7 Å². The molecule has 0 saturated carbocycles. The zero-order chi connectivity index (χ0) is 20.4. The minimum atomic E-state index is -3.86. The van der Waals surface area contributed by atoms with Crippen molar-refractivity contribution in [2.45, 2.75) is 34.3 Å². The topological polar surface area (TPSA) is 124 Å². The summed E-state index contributed by atoms with van der Waals surface area (Å²) in [7, 11) is -3.86. The maximum absolute atomic E-state index is 13.1. The Morgan fingerprint density at radius 3 is 2.72 bits per heavy atom. The monoisotopic (exact) mass is 452 g/mol. The molecule has 4 rings (SSSR count). The second kappa shape index (κ2) is 8.18. The Balaban J connectivity index is 1.71. The molecule has 0 aliphatic carbocycles. The number of nitro benzene ring substituents is 1. The van der Waals surface area contributed by atoms with Crippen LogP contribution in [-0.2, 0) is 16.6 Å². The lowest BCUT2D eigenvalue weighted by molar-refractivity contribution is -0.385. The average molecular weight is 453 g/mol.